The molecule has 0 bridgehead atoms. The van der Waals surface area contributed by atoms with E-state index in [-0.39, 0.29) is 5.84 Å². The molecule has 0 unspecified atom stereocenters. The van der Waals surface area contributed by atoms with E-state index in [0.717, 1.165) is 29.2 Å². The van der Waals surface area contributed by atoms with Crippen molar-refractivity contribution in [2.75, 3.05) is 11.9 Å². The van der Waals surface area contributed by atoms with Gasteiger partial charge >= 0.3 is 0 Å². The van der Waals surface area contributed by atoms with E-state index in [1.54, 1.807) is 0 Å². The van der Waals surface area contributed by atoms with Crippen LogP contribution < -0.4 is 10.6 Å². The highest BCUT2D eigenvalue weighted by molar-refractivity contribution is 6.01. The number of hydrogen-bond acceptors (Lipinski definition) is 3. The van der Waals surface area contributed by atoms with Crippen molar-refractivity contribution in [1.82, 2.24) is 4.98 Å². The molecular weight excluding hydrogens is 260 g/mol. The SMILES string of the molecule is Cc1ccc(CN(C)c2cc(C)nc(C)c2C(=N)N)cc1. The summed E-state index contributed by atoms with van der Waals surface area (Å²) >= 11 is 0. The van der Waals surface area contributed by atoms with Crippen LogP contribution in [-0.2, 0) is 6.54 Å². The Morgan fingerprint density at radius 1 is 1.19 bits per heavy atom. The lowest BCUT2D eigenvalue weighted by Crippen LogP contribution is -2.24. The van der Waals surface area contributed by atoms with Crippen molar-refractivity contribution >= 4 is 11.5 Å². The second kappa shape index (κ2) is 5.95. The van der Waals surface area contributed by atoms with Crippen molar-refractivity contribution in [3.8, 4) is 0 Å². The van der Waals surface area contributed by atoms with E-state index in [0.29, 0.717) is 0 Å². The third kappa shape index (κ3) is 3.40. The van der Waals surface area contributed by atoms with Crippen molar-refractivity contribution in [3.63, 3.8) is 0 Å². The van der Waals surface area contributed by atoms with E-state index in [2.05, 4.69) is 41.1 Å². The average Bonchev–Trinajstić information content (AvgIpc) is 2.39. The number of amidine groups is 1. The lowest BCUT2D eigenvalue weighted by atomic mass is 10.1. The van der Waals surface area contributed by atoms with Crippen LogP contribution in [0.3, 0.4) is 0 Å². The summed E-state index contributed by atoms with van der Waals surface area (Å²) in [5, 5.41) is 7.80. The number of anilines is 1. The number of nitrogens with two attached hydrogens (primary N) is 1. The zero-order valence-electron chi connectivity index (χ0n) is 13.1. The molecule has 110 valence electrons. The molecule has 1 aromatic carbocycles. The largest absolute Gasteiger partial charge is 0.384 e. The molecule has 0 fully saturated rings. The number of benzene rings is 1. The zero-order valence-corrected chi connectivity index (χ0v) is 13.1. The Balaban J connectivity index is 2.36. The Morgan fingerprint density at radius 2 is 1.81 bits per heavy atom. The molecule has 21 heavy (non-hydrogen) atoms. The molecule has 2 aromatic rings. The monoisotopic (exact) mass is 282 g/mol. The molecule has 0 aliphatic carbocycles. The van der Waals surface area contributed by atoms with Crippen LogP contribution in [0.4, 0.5) is 5.69 Å². The first-order valence-electron chi connectivity index (χ1n) is 6.98. The standard InChI is InChI=1S/C17H22N4/c1-11-5-7-14(8-6-11)10-21(4)15-9-12(2)20-13(3)16(15)17(18)19/h5-9H,10H2,1-4H3,(H3,18,19). The van der Waals surface area contributed by atoms with Crippen LogP contribution >= 0.6 is 0 Å². The van der Waals surface area contributed by atoms with E-state index >= 15 is 0 Å². The van der Waals surface area contributed by atoms with Crippen molar-refractivity contribution in [1.29, 1.82) is 5.41 Å². The highest BCUT2D eigenvalue weighted by Crippen LogP contribution is 2.24. The molecule has 1 aromatic heterocycles. The van der Waals surface area contributed by atoms with Gasteiger partial charge in [0, 0.05) is 19.3 Å². The van der Waals surface area contributed by atoms with E-state index in [1.807, 2.05) is 27.0 Å². The molecule has 0 spiro atoms. The third-order valence-corrected chi connectivity index (χ3v) is 3.53. The maximum Gasteiger partial charge on any atom is 0.126 e. The number of rotatable bonds is 4. The van der Waals surface area contributed by atoms with Gasteiger partial charge in [-0.15, -0.1) is 0 Å². The highest BCUT2D eigenvalue weighted by atomic mass is 15.1. The molecule has 0 aliphatic heterocycles. The third-order valence-electron chi connectivity index (χ3n) is 3.53. The number of hydrogen-bond donors (Lipinski definition) is 2. The van der Waals surface area contributed by atoms with E-state index in [4.69, 9.17) is 11.1 Å². The lowest BCUT2D eigenvalue weighted by Gasteiger charge is -2.23. The first-order valence-corrected chi connectivity index (χ1v) is 6.98. The van der Waals surface area contributed by atoms with Gasteiger partial charge in [-0.25, -0.2) is 0 Å². The summed E-state index contributed by atoms with van der Waals surface area (Å²) in [6.45, 7) is 6.70. The minimum atomic E-state index is 0.0609. The Hall–Kier alpha value is -2.36. The summed E-state index contributed by atoms with van der Waals surface area (Å²) in [6.07, 6.45) is 0. The van der Waals surface area contributed by atoms with Crippen LogP contribution in [0, 0.1) is 26.2 Å². The van der Waals surface area contributed by atoms with Crippen LogP contribution in [0.5, 0.6) is 0 Å². The Bertz CT molecular complexity index is 659. The molecule has 0 atom stereocenters. The van der Waals surface area contributed by atoms with Gasteiger partial charge in [0.15, 0.2) is 0 Å². The second-order valence-electron chi connectivity index (χ2n) is 5.50. The lowest BCUT2D eigenvalue weighted by molar-refractivity contribution is 0.911. The molecule has 3 N–H and O–H groups in total. The molecule has 0 saturated carbocycles. The van der Waals surface area contributed by atoms with Gasteiger partial charge in [-0.2, -0.15) is 0 Å². The van der Waals surface area contributed by atoms with Gasteiger partial charge in [0.2, 0.25) is 0 Å². The summed E-state index contributed by atoms with van der Waals surface area (Å²) in [5.74, 6) is 0.0609. The Kier molecular flexibility index (Phi) is 4.26. The molecule has 2 rings (SSSR count). The number of nitrogen functional groups attached to an aromatic ring is 1. The van der Waals surface area contributed by atoms with Crippen molar-refractivity contribution in [2.24, 2.45) is 5.73 Å². The summed E-state index contributed by atoms with van der Waals surface area (Å²) in [7, 11) is 2.01. The number of pyridine rings is 1. The predicted octanol–water partition coefficient (Wildman–Crippen LogP) is 2.93. The van der Waals surface area contributed by atoms with Crippen molar-refractivity contribution in [2.45, 2.75) is 27.3 Å². The molecule has 0 aliphatic rings. The normalized spacial score (nSPS) is 10.5. The predicted molar refractivity (Wildman–Crippen MR) is 88.0 cm³/mol. The minimum absolute atomic E-state index is 0.0609. The fraction of sp³-hybridized carbons (Fsp3) is 0.294. The van der Waals surface area contributed by atoms with Gasteiger partial charge in [-0.1, -0.05) is 29.8 Å². The topological polar surface area (TPSA) is 66.0 Å². The first kappa shape index (κ1) is 15.0. The molecule has 1 heterocycles. The number of nitrogens with one attached hydrogen (secondary N) is 1. The number of aryl methyl sites for hydroxylation is 3. The van der Waals surface area contributed by atoms with Crippen LogP contribution in [0.25, 0.3) is 0 Å². The Morgan fingerprint density at radius 3 is 2.38 bits per heavy atom. The fourth-order valence-corrected chi connectivity index (χ4v) is 2.49. The van der Waals surface area contributed by atoms with E-state index in [9.17, 15) is 0 Å². The maximum absolute atomic E-state index is 7.80. The number of aromatic nitrogens is 1. The minimum Gasteiger partial charge on any atom is -0.384 e. The number of nitrogens with zero attached hydrogens (tertiary/aromatic N) is 2. The summed E-state index contributed by atoms with van der Waals surface area (Å²) in [6, 6.07) is 10.5. The zero-order chi connectivity index (χ0) is 15.6. The fourth-order valence-electron chi connectivity index (χ4n) is 2.49. The molecule has 0 amide bonds. The first-order chi connectivity index (χ1) is 9.88. The van der Waals surface area contributed by atoms with E-state index in [1.165, 1.54) is 11.1 Å². The molecule has 4 heteroatoms. The summed E-state index contributed by atoms with van der Waals surface area (Å²) in [4.78, 5) is 6.52. The quantitative estimate of drug-likeness (QED) is 0.669. The maximum atomic E-state index is 7.80. The van der Waals surface area contributed by atoms with Crippen molar-refractivity contribution in [3.05, 3.63) is 58.4 Å². The van der Waals surface area contributed by atoms with Crippen LogP contribution in [0.15, 0.2) is 30.3 Å². The van der Waals surface area contributed by atoms with Crippen LogP contribution in [-0.4, -0.2) is 17.9 Å². The summed E-state index contributed by atoms with van der Waals surface area (Å²) in [5.41, 5.74) is 11.6. The van der Waals surface area contributed by atoms with Crippen molar-refractivity contribution < 1.29 is 0 Å². The highest BCUT2D eigenvalue weighted by Gasteiger charge is 2.15. The van der Waals surface area contributed by atoms with Crippen LogP contribution in [0.1, 0.15) is 28.1 Å². The van der Waals surface area contributed by atoms with Gasteiger partial charge in [0.05, 0.1) is 16.9 Å². The molecular formula is C17H22N4. The van der Waals surface area contributed by atoms with Crippen LogP contribution in [0.2, 0.25) is 0 Å². The van der Waals surface area contributed by atoms with Gasteiger partial charge in [-0.3, -0.25) is 10.4 Å². The smallest absolute Gasteiger partial charge is 0.126 e. The second-order valence-corrected chi connectivity index (χ2v) is 5.50. The Labute approximate surface area is 126 Å². The molecule has 0 saturated heterocycles. The molecule has 4 nitrogen and oxygen atoms in total. The molecule has 0 radical (unpaired) electrons. The summed E-state index contributed by atoms with van der Waals surface area (Å²) < 4.78 is 0. The average molecular weight is 282 g/mol. The van der Waals surface area contributed by atoms with Gasteiger partial charge in [-0.05, 0) is 32.4 Å². The van der Waals surface area contributed by atoms with Gasteiger partial charge in [0.25, 0.3) is 0 Å². The van der Waals surface area contributed by atoms with Gasteiger partial charge in [0.1, 0.15) is 5.84 Å². The van der Waals surface area contributed by atoms with E-state index < -0.39 is 0 Å². The van der Waals surface area contributed by atoms with Gasteiger partial charge < -0.3 is 10.6 Å².